The van der Waals surface area contributed by atoms with E-state index in [9.17, 15) is 5.11 Å². The molecule has 2 rings (SSSR count). The molecule has 0 amide bonds. The summed E-state index contributed by atoms with van der Waals surface area (Å²) in [6.45, 7) is 0.699. The molecule has 1 atom stereocenters. The normalized spacial score (nSPS) is 20.1. The first-order chi connectivity index (χ1) is 5.36. The predicted octanol–water partition coefficient (Wildman–Crippen LogP) is 0.654. The number of aliphatic hydroxyl groups is 1. The van der Waals surface area contributed by atoms with Gasteiger partial charge >= 0.3 is 0 Å². The van der Waals surface area contributed by atoms with E-state index in [0.717, 1.165) is 0 Å². The van der Waals surface area contributed by atoms with Gasteiger partial charge in [0.1, 0.15) is 0 Å². The summed E-state index contributed by atoms with van der Waals surface area (Å²) in [5.41, 5.74) is 0. The van der Waals surface area contributed by atoms with Crippen LogP contribution in [0.5, 0.6) is 0 Å². The Hall–Kier alpha value is -0.830. The van der Waals surface area contributed by atoms with Crippen molar-refractivity contribution in [3.8, 4) is 0 Å². The molecule has 1 saturated carbocycles. The molecule has 1 fully saturated rings. The van der Waals surface area contributed by atoms with Gasteiger partial charge in [0.2, 0.25) is 0 Å². The zero-order chi connectivity index (χ0) is 7.68. The number of aliphatic hydroxyl groups excluding tert-OH is 1. The van der Waals surface area contributed by atoms with Crippen LogP contribution in [0.15, 0.2) is 18.7 Å². The number of hydrogen-bond donors (Lipinski definition) is 1. The average molecular weight is 152 g/mol. The van der Waals surface area contributed by atoms with Crippen molar-refractivity contribution in [2.75, 3.05) is 0 Å². The average Bonchev–Trinajstić information content (AvgIpc) is 2.73. The molecule has 0 spiro atoms. The molecular formula is C8H12N2O. The van der Waals surface area contributed by atoms with E-state index in [1.165, 1.54) is 12.8 Å². The minimum absolute atomic E-state index is 0.163. The van der Waals surface area contributed by atoms with Crippen molar-refractivity contribution in [2.45, 2.75) is 25.5 Å². The van der Waals surface area contributed by atoms with Gasteiger partial charge in [-0.1, -0.05) is 0 Å². The third kappa shape index (κ3) is 1.60. The lowest BCUT2D eigenvalue weighted by Crippen LogP contribution is -2.16. The molecule has 0 radical (unpaired) electrons. The van der Waals surface area contributed by atoms with E-state index in [1.807, 2.05) is 10.8 Å². The van der Waals surface area contributed by atoms with Crippen molar-refractivity contribution in [3.05, 3.63) is 18.7 Å². The second-order valence-corrected chi connectivity index (χ2v) is 3.16. The van der Waals surface area contributed by atoms with E-state index < -0.39 is 0 Å². The van der Waals surface area contributed by atoms with Gasteiger partial charge < -0.3 is 9.67 Å². The summed E-state index contributed by atoms with van der Waals surface area (Å²) in [7, 11) is 0. The molecule has 3 heteroatoms. The molecule has 1 heterocycles. The summed E-state index contributed by atoms with van der Waals surface area (Å²) < 4.78 is 1.92. The highest BCUT2D eigenvalue weighted by atomic mass is 16.3. The lowest BCUT2D eigenvalue weighted by atomic mass is 10.2. The smallest absolute Gasteiger partial charge is 0.0946 e. The maximum absolute atomic E-state index is 9.51. The predicted molar refractivity (Wildman–Crippen MR) is 41.0 cm³/mol. The number of aromatic nitrogens is 2. The van der Waals surface area contributed by atoms with Crippen LogP contribution >= 0.6 is 0 Å². The van der Waals surface area contributed by atoms with E-state index in [-0.39, 0.29) is 6.10 Å². The summed E-state index contributed by atoms with van der Waals surface area (Å²) in [5.74, 6) is 0.553. The zero-order valence-electron chi connectivity index (χ0n) is 6.35. The number of rotatable bonds is 3. The summed E-state index contributed by atoms with van der Waals surface area (Å²) in [6.07, 6.45) is 7.58. The molecule has 1 aliphatic rings. The Labute approximate surface area is 65.7 Å². The van der Waals surface area contributed by atoms with E-state index in [1.54, 1.807) is 12.5 Å². The van der Waals surface area contributed by atoms with E-state index >= 15 is 0 Å². The minimum atomic E-state index is -0.163. The fourth-order valence-corrected chi connectivity index (χ4v) is 1.24. The summed E-state index contributed by atoms with van der Waals surface area (Å²) in [6, 6.07) is 0. The standard InChI is InChI=1S/C8H12N2O/c11-8(7-1-2-7)5-10-4-3-9-6-10/h3-4,6-8,11H,1-2,5H2. The monoisotopic (exact) mass is 152 g/mol. The number of imidazole rings is 1. The SMILES string of the molecule is OC(Cn1ccnc1)C1CC1. The van der Waals surface area contributed by atoms with Crippen LogP contribution in [0.25, 0.3) is 0 Å². The van der Waals surface area contributed by atoms with Crippen molar-refractivity contribution < 1.29 is 5.11 Å². The number of hydrogen-bond acceptors (Lipinski definition) is 2. The quantitative estimate of drug-likeness (QED) is 0.690. The molecule has 11 heavy (non-hydrogen) atoms. The molecule has 60 valence electrons. The highest BCUT2D eigenvalue weighted by molar-refractivity contribution is 4.83. The van der Waals surface area contributed by atoms with Crippen molar-refractivity contribution in [2.24, 2.45) is 5.92 Å². The molecule has 3 nitrogen and oxygen atoms in total. The Morgan fingerprint density at radius 2 is 2.45 bits per heavy atom. The molecule has 0 aromatic carbocycles. The Morgan fingerprint density at radius 1 is 1.64 bits per heavy atom. The maximum Gasteiger partial charge on any atom is 0.0946 e. The minimum Gasteiger partial charge on any atom is -0.391 e. The maximum atomic E-state index is 9.51. The molecule has 0 aliphatic heterocycles. The topological polar surface area (TPSA) is 38.0 Å². The highest BCUT2D eigenvalue weighted by Gasteiger charge is 2.29. The van der Waals surface area contributed by atoms with Crippen LogP contribution in [0.3, 0.4) is 0 Å². The van der Waals surface area contributed by atoms with Crippen LogP contribution in [-0.4, -0.2) is 20.8 Å². The van der Waals surface area contributed by atoms with Gasteiger partial charge in [-0.25, -0.2) is 4.98 Å². The molecule has 0 saturated heterocycles. The fraction of sp³-hybridized carbons (Fsp3) is 0.625. The highest BCUT2D eigenvalue weighted by Crippen LogP contribution is 2.33. The second-order valence-electron chi connectivity index (χ2n) is 3.16. The van der Waals surface area contributed by atoms with Gasteiger partial charge in [-0.2, -0.15) is 0 Å². The third-order valence-electron chi connectivity index (χ3n) is 2.12. The molecule has 1 aromatic heterocycles. The van der Waals surface area contributed by atoms with E-state index in [2.05, 4.69) is 4.98 Å². The van der Waals surface area contributed by atoms with Crippen molar-refractivity contribution in [3.63, 3.8) is 0 Å². The van der Waals surface area contributed by atoms with Gasteiger partial charge in [0.15, 0.2) is 0 Å². The van der Waals surface area contributed by atoms with Crippen LogP contribution in [-0.2, 0) is 6.54 Å². The zero-order valence-corrected chi connectivity index (χ0v) is 6.35. The lowest BCUT2D eigenvalue weighted by Gasteiger charge is -2.08. The first-order valence-corrected chi connectivity index (χ1v) is 4.00. The Balaban J connectivity index is 1.89. The molecular weight excluding hydrogens is 140 g/mol. The van der Waals surface area contributed by atoms with Crippen molar-refractivity contribution in [1.29, 1.82) is 0 Å². The van der Waals surface area contributed by atoms with E-state index in [4.69, 9.17) is 0 Å². The molecule has 0 bridgehead atoms. The van der Waals surface area contributed by atoms with Gasteiger partial charge in [0.25, 0.3) is 0 Å². The van der Waals surface area contributed by atoms with Gasteiger partial charge in [-0.05, 0) is 18.8 Å². The Morgan fingerprint density at radius 3 is 3.00 bits per heavy atom. The molecule has 1 aliphatic carbocycles. The summed E-state index contributed by atoms with van der Waals surface area (Å²) in [5, 5.41) is 9.51. The van der Waals surface area contributed by atoms with Gasteiger partial charge in [0, 0.05) is 18.9 Å². The van der Waals surface area contributed by atoms with Crippen molar-refractivity contribution >= 4 is 0 Å². The Kier molecular flexibility index (Phi) is 1.66. The van der Waals surface area contributed by atoms with Crippen LogP contribution in [0.4, 0.5) is 0 Å². The number of nitrogens with zero attached hydrogens (tertiary/aromatic N) is 2. The van der Waals surface area contributed by atoms with Crippen LogP contribution < -0.4 is 0 Å². The van der Waals surface area contributed by atoms with Crippen molar-refractivity contribution in [1.82, 2.24) is 9.55 Å². The first-order valence-electron chi connectivity index (χ1n) is 4.00. The van der Waals surface area contributed by atoms with Gasteiger partial charge in [-0.15, -0.1) is 0 Å². The summed E-state index contributed by atoms with van der Waals surface area (Å²) in [4.78, 5) is 3.91. The second kappa shape index (κ2) is 2.66. The van der Waals surface area contributed by atoms with Gasteiger partial charge in [-0.3, -0.25) is 0 Å². The van der Waals surface area contributed by atoms with Gasteiger partial charge in [0.05, 0.1) is 12.4 Å². The molecule has 1 unspecified atom stereocenters. The molecule has 1 N–H and O–H groups in total. The van der Waals surface area contributed by atoms with Crippen LogP contribution in [0.2, 0.25) is 0 Å². The van der Waals surface area contributed by atoms with Crippen LogP contribution in [0, 0.1) is 5.92 Å². The largest absolute Gasteiger partial charge is 0.391 e. The van der Waals surface area contributed by atoms with Crippen LogP contribution in [0.1, 0.15) is 12.8 Å². The first kappa shape index (κ1) is 6.85. The Bertz CT molecular complexity index is 216. The third-order valence-corrected chi connectivity index (χ3v) is 2.12. The lowest BCUT2D eigenvalue weighted by molar-refractivity contribution is 0.131. The van der Waals surface area contributed by atoms with E-state index in [0.29, 0.717) is 12.5 Å². The molecule has 1 aromatic rings. The summed E-state index contributed by atoms with van der Waals surface area (Å²) >= 11 is 0. The fourth-order valence-electron chi connectivity index (χ4n) is 1.24.